The molecule has 0 fully saturated rings. The number of hydrogen-bond acceptors (Lipinski definition) is 3. The van der Waals surface area contributed by atoms with Crippen molar-refractivity contribution in [1.82, 2.24) is 0 Å². The first kappa shape index (κ1) is 12.4. The summed E-state index contributed by atoms with van der Waals surface area (Å²) >= 11 is 6.54. The zero-order valence-corrected chi connectivity index (χ0v) is 11.4. The summed E-state index contributed by atoms with van der Waals surface area (Å²) in [5.74, 6) is 2.47. The lowest BCUT2D eigenvalue weighted by molar-refractivity contribution is 0.171. The van der Waals surface area contributed by atoms with Crippen molar-refractivity contribution >= 4 is 11.6 Å². The lowest BCUT2D eigenvalue weighted by Gasteiger charge is -2.20. The van der Waals surface area contributed by atoms with Crippen molar-refractivity contribution in [2.75, 3.05) is 13.2 Å². The molecule has 1 aromatic heterocycles. The maximum Gasteiger partial charge on any atom is 0.161 e. The van der Waals surface area contributed by atoms with Crippen LogP contribution in [0.2, 0.25) is 0 Å². The second-order valence-electron chi connectivity index (χ2n) is 4.42. The van der Waals surface area contributed by atoms with E-state index in [2.05, 4.69) is 6.92 Å². The van der Waals surface area contributed by atoms with Gasteiger partial charge in [0.15, 0.2) is 11.5 Å². The first-order chi connectivity index (χ1) is 9.29. The average Bonchev–Trinajstić information content (AvgIpc) is 2.94. The lowest BCUT2D eigenvalue weighted by Crippen LogP contribution is -2.15. The van der Waals surface area contributed by atoms with Crippen LogP contribution < -0.4 is 9.47 Å². The smallest absolute Gasteiger partial charge is 0.161 e. The van der Waals surface area contributed by atoms with E-state index in [1.54, 1.807) is 6.26 Å². The summed E-state index contributed by atoms with van der Waals surface area (Å²) in [5, 5.41) is -0.232. The third-order valence-electron chi connectivity index (χ3n) is 3.23. The van der Waals surface area contributed by atoms with E-state index in [0.717, 1.165) is 34.8 Å². The molecule has 1 aromatic carbocycles. The summed E-state index contributed by atoms with van der Waals surface area (Å²) in [6.45, 7) is 3.23. The van der Waals surface area contributed by atoms with Crippen molar-refractivity contribution in [1.29, 1.82) is 0 Å². The molecule has 0 saturated heterocycles. The standard InChI is InChI=1S/C15H15ClO3/c1-2-12-11(5-6-17-12)15(16)10-3-4-13-14(9-10)19-8-7-18-13/h3-6,9,15H,2,7-8H2,1H3. The second-order valence-corrected chi connectivity index (χ2v) is 4.85. The van der Waals surface area contributed by atoms with Crippen molar-refractivity contribution in [3.05, 3.63) is 47.4 Å². The highest BCUT2D eigenvalue weighted by atomic mass is 35.5. The van der Waals surface area contributed by atoms with E-state index in [9.17, 15) is 0 Å². The summed E-state index contributed by atoms with van der Waals surface area (Å²) in [7, 11) is 0. The van der Waals surface area contributed by atoms with Crippen LogP contribution in [0.4, 0.5) is 0 Å². The molecule has 1 unspecified atom stereocenters. The Balaban J connectivity index is 1.93. The number of hydrogen-bond donors (Lipinski definition) is 0. The van der Waals surface area contributed by atoms with Gasteiger partial charge in [-0.3, -0.25) is 0 Å². The molecule has 1 atom stereocenters. The maximum absolute atomic E-state index is 6.54. The van der Waals surface area contributed by atoms with E-state index in [1.165, 1.54) is 0 Å². The van der Waals surface area contributed by atoms with Crippen LogP contribution in [-0.4, -0.2) is 13.2 Å². The van der Waals surface area contributed by atoms with E-state index in [0.29, 0.717) is 13.2 Å². The van der Waals surface area contributed by atoms with Gasteiger partial charge in [0.1, 0.15) is 19.0 Å². The van der Waals surface area contributed by atoms with Gasteiger partial charge in [-0.2, -0.15) is 0 Å². The molecule has 4 heteroatoms. The topological polar surface area (TPSA) is 31.6 Å². The Kier molecular flexibility index (Phi) is 3.38. The Bertz CT molecular complexity index is 577. The van der Waals surface area contributed by atoms with Gasteiger partial charge in [0.25, 0.3) is 0 Å². The first-order valence-electron chi connectivity index (χ1n) is 6.39. The number of furan rings is 1. The number of ether oxygens (including phenoxy) is 2. The molecular formula is C15H15ClO3. The molecule has 2 aromatic rings. The predicted octanol–water partition coefficient (Wildman–Crippen LogP) is 3.94. The van der Waals surface area contributed by atoms with Gasteiger partial charge in [-0.1, -0.05) is 13.0 Å². The number of aryl methyl sites for hydroxylation is 1. The fourth-order valence-electron chi connectivity index (χ4n) is 2.26. The van der Waals surface area contributed by atoms with Gasteiger partial charge in [-0.05, 0) is 23.8 Å². The van der Waals surface area contributed by atoms with Crippen LogP contribution in [0.15, 0.2) is 34.9 Å². The van der Waals surface area contributed by atoms with Crippen molar-refractivity contribution in [2.45, 2.75) is 18.7 Å². The minimum absolute atomic E-state index is 0.232. The van der Waals surface area contributed by atoms with Gasteiger partial charge in [-0.25, -0.2) is 0 Å². The molecular weight excluding hydrogens is 264 g/mol. The van der Waals surface area contributed by atoms with Gasteiger partial charge in [-0.15, -0.1) is 11.6 Å². The zero-order chi connectivity index (χ0) is 13.2. The highest BCUT2D eigenvalue weighted by Crippen LogP contribution is 2.38. The zero-order valence-electron chi connectivity index (χ0n) is 10.7. The Hall–Kier alpha value is -1.61. The van der Waals surface area contributed by atoms with Gasteiger partial charge in [0.05, 0.1) is 11.6 Å². The van der Waals surface area contributed by atoms with E-state index in [1.807, 2.05) is 24.3 Å². The van der Waals surface area contributed by atoms with E-state index in [4.69, 9.17) is 25.5 Å². The van der Waals surface area contributed by atoms with E-state index >= 15 is 0 Å². The van der Waals surface area contributed by atoms with Crippen molar-refractivity contribution in [3.8, 4) is 11.5 Å². The van der Waals surface area contributed by atoms with E-state index in [-0.39, 0.29) is 5.38 Å². The molecule has 19 heavy (non-hydrogen) atoms. The fourth-order valence-corrected chi connectivity index (χ4v) is 2.59. The summed E-state index contributed by atoms with van der Waals surface area (Å²) < 4.78 is 16.5. The molecule has 0 amide bonds. The van der Waals surface area contributed by atoms with E-state index < -0.39 is 0 Å². The third-order valence-corrected chi connectivity index (χ3v) is 3.72. The van der Waals surface area contributed by atoms with Crippen molar-refractivity contribution in [3.63, 3.8) is 0 Å². The van der Waals surface area contributed by atoms with Crippen LogP contribution in [0.25, 0.3) is 0 Å². The molecule has 0 saturated carbocycles. The van der Waals surface area contributed by atoms with Gasteiger partial charge in [0, 0.05) is 12.0 Å². The largest absolute Gasteiger partial charge is 0.486 e. The molecule has 3 nitrogen and oxygen atoms in total. The molecule has 100 valence electrons. The van der Waals surface area contributed by atoms with Crippen LogP contribution >= 0.6 is 11.6 Å². The number of benzene rings is 1. The summed E-state index contributed by atoms with van der Waals surface area (Å²) in [5.41, 5.74) is 2.00. The lowest BCUT2D eigenvalue weighted by atomic mass is 10.0. The quantitative estimate of drug-likeness (QED) is 0.797. The minimum atomic E-state index is -0.232. The fraction of sp³-hybridized carbons (Fsp3) is 0.333. The maximum atomic E-state index is 6.54. The van der Waals surface area contributed by atoms with Crippen LogP contribution in [0, 0.1) is 0 Å². The SMILES string of the molecule is CCc1occc1C(Cl)c1ccc2c(c1)OCCO2. The molecule has 2 heterocycles. The first-order valence-corrected chi connectivity index (χ1v) is 6.83. The summed E-state index contributed by atoms with van der Waals surface area (Å²) in [4.78, 5) is 0. The molecule has 3 rings (SSSR count). The Morgan fingerprint density at radius 1 is 1.16 bits per heavy atom. The average molecular weight is 279 g/mol. The predicted molar refractivity (Wildman–Crippen MR) is 73.2 cm³/mol. The molecule has 0 radical (unpaired) electrons. The molecule has 1 aliphatic rings. The Labute approximate surface area is 117 Å². The Morgan fingerprint density at radius 3 is 2.74 bits per heavy atom. The van der Waals surface area contributed by atoms with Crippen LogP contribution in [0.5, 0.6) is 11.5 Å². The van der Waals surface area contributed by atoms with Crippen LogP contribution in [0.1, 0.15) is 29.2 Å². The number of fused-ring (bicyclic) bond motifs is 1. The third kappa shape index (κ3) is 2.30. The van der Waals surface area contributed by atoms with Gasteiger partial charge < -0.3 is 13.9 Å². The van der Waals surface area contributed by atoms with Gasteiger partial charge in [0.2, 0.25) is 0 Å². The summed E-state index contributed by atoms with van der Waals surface area (Å²) in [6.07, 6.45) is 2.51. The number of alkyl halides is 1. The van der Waals surface area contributed by atoms with Gasteiger partial charge >= 0.3 is 0 Å². The Morgan fingerprint density at radius 2 is 1.95 bits per heavy atom. The van der Waals surface area contributed by atoms with Crippen molar-refractivity contribution < 1.29 is 13.9 Å². The molecule has 0 bridgehead atoms. The normalized spacial score (nSPS) is 15.3. The number of rotatable bonds is 3. The summed E-state index contributed by atoms with van der Waals surface area (Å²) in [6, 6.07) is 7.74. The monoisotopic (exact) mass is 278 g/mol. The van der Waals surface area contributed by atoms with Crippen LogP contribution in [-0.2, 0) is 6.42 Å². The molecule has 0 aliphatic carbocycles. The van der Waals surface area contributed by atoms with Crippen molar-refractivity contribution in [2.24, 2.45) is 0 Å². The molecule has 0 N–H and O–H groups in total. The second kappa shape index (κ2) is 5.17. The number of halogens is 1. The molecule has 1 aliphatic heterocycles. The minimum Gasteiger partial charge on any atom is -0.486 e. The van der Waals surface area contributed by atoms with Crippen LogP contribution in [0.3, 0.4) is 0 Å². The highest BCUT2D eigenvalue weighted by Gasteiger charge is 2.19. The highest BCUT2D eigenvalue weighted by molar-refractivity contribution is 6.22. The molecule has 0 spiro atoms.